The highest BCUT2D eigenvalue weighted by atomic mass is 79.9. The molecule has 4 heteroatoms. The van der Waals surface area contributed by atoms with Gasteiger partial charge in [-0.15, -0.1) is 11.3 Å². The smallest absolute Gasteiger partial charge is 0.0366 e. The van der Waals surface area contributed by atoms with Crippen molar-refractivity contribution in [2.45, 2.75) is 13.1 Å². The van der Waals surface area contributed by atoms with Crippen LogP contribution in [0.15, 0.2) is 52.3 Å². The zero-order valence-electron chi connectivity index (χ0n) is 10.9. The number of nitrogens with one attached hydrogen (secondary N) is 1. The van der Waals surface area contributed by atoms with Gasteiger partial charge in [0, 0.05) is 28.1 Å². The van der Waals surface area contributed by atoms with Crippen LogP contribution < -0.4 is 11.1 Å². The van der Waals surface area contributed by atoms with Gasteiger partial charge in [0.25, 0.3) is 0 Å². The van der Waals surface area contributed by atoms with Gasteiger partial charge >= 0.3 is 0 Å². The number of anilines is 1. The molecule has 3 N–H and O–H groups in total. The van der Waals surface area contributed by atoms with E-state index in [0.29, 0.717) is 0 Å². The number of hydrogen-bond acceptors (Lipinski definition) is 3. The molecule has 0 amide bonds. The first-order valence-electron chi connectivity index (χ1n) is 6.44. The lowest BCUT2D eigenvalue weighted by atomic mass is 10.1. The number of halogens is 1. The van der Waals surface area contributed by atoms with Crippen molar-refractivity contribution in [3.63, 3.8) is 0 Å². The van der Waals surface area contributed by atoms with E-state index < -0.39 is 0 Å². The Bertz CT molecular complexity index is 736. The first kappa shape index (κ1) is 13.6. The molecule has 0 radical (unpaired) electrons. The van der Waals surface area contributed by atoms with Crippen LogP contribution in [-0.4, -0.2) is 0 Å². The van der Waals surface area contributed by atoms with Crippen molar-refractivity contribution < 1.29 is 0 Å². The minimum atomic E-state index is 0.779. The molecular weight excluding hydrogens is 332 g/mol. The number of fused-ring (bicyclic) bond motifs is 1. The standard InChI is InChI=1S/C16H15BrN2S/c17-14-5-6-20-16(14)10-19-9-13-7-11-3-1-2-4-12(11)8-15(13)18/h1-8,19H,9-10,18H2. The van der Waals surface area contributed by atoms with Gasteiger partial charge in [-0.05, 0) is 55.8 Å². The predicted octanol–water partition coefficient (Wildman–Crippen LogP) is 4.54. The van der Waals surface area contributed by atoms with E-state index in [2.05, 4.69) is 57.0 Å². The van der Waals surface area contributed by atoms with Gasteiger partial charge in [-0.25, -0.2) is 0 Å². The third-order valence-corrected chi connectivity index (χ3v) is 5.23. The Morgan fingerprint density at radius 3 is 2.50 bits per heavy atom. The van der Waals surface area contributed by atoms with Gasteiger partial charge in [0.2, 0.25) is 0 Å². The molecule has 1 aromatic heterocycles. The summed E-state index contributed by atoms with van der Waals surface area (Å²) in [6.07, 6.45) is 0. The fraction of sp³-hybridized carbons (Fsp3) is 0.125. The summed E-state index contributed by atoms with van der Waals surface area (Å²) < 4.78 is 1.17. The number of benzene rings is 2. The summed E-state index contributed by atoms with van der Waals surface area (Å²) in [4.78, 5) is 1.31. The summed E-state index contributed by atoms with van der Waals surface area (Å²) in [6.45, 7) is 1.63. The van der Waals surface area contributed by atoms with Crippen molar-refractivity contribution in [3.8, 4) is 0 Å². The fourth-order valence-electron chi connectivity index (χ4n) is 2.22. The van der Waals surface area contributed by atoms with Crippen LogP contribution in [0, 0.1) is 0 Å². The number of thiophene rings is 1. The Kier molecular flexibility index (Phi) is 4.05. The van der Waals surface area contributed by atoms with Gasteiger partial charge in [0.15, 0.2) is 0 Å². The second kappa shape index (κ2) is 5.95. The Morgan fingerprint density at radius 1 is 1.05 bits per heavy atom. The number of nitrogens with two attached hydrogens (primary N) is 1. The van der Waals surface area contributed by atoms with E-state index in [0.717, 1.165) is 24.3 Å². The van der Waals surface area contributed by atoms with Crippen LogP contribution in [0.4, 0.5) is 5.69 Å². The summed E-state index contributed by atoms with van der Waals surface area (Å²) >= 11 is 5.30. The third-order valence-electron chi connectivity index (χ3n) is 3.30. The molecule has 0 aliphatic heterocycles. The Balaban J connectivity index is 1.74. The third kappa shape index (κ3) is 2.87. The number of nitrogen functional groups attached to an aromatic ring is 1. The van der Waals surface area contributed by atoms with Gasteiger partial charge in [0.1, 0.15) is 0 Å². The van der Waals surface area contributed by atoms with E-state index in [9.17, 15) is 0 Å². The van der Waals surface area contributed by atoms with Crippen molar-refractivity contribution in [2.24, 2.45) is 0 Å². The Labute approximate surface area is 130 Å². The molecule has 0 spiro atoms. The molecule has 102 valence electrons. The summed E-state index contributed by atoms with van der Waals surface area (Å²) in [5, 5.41) is 7.96. The zero-order chi connectivity index (χ0) is 13.9. The van der Waals surface area contributed by atoms with Crippen LogP contribution >= 0.6 is 27.3 Å². The second-order valence-electron chi connectivity index (χ2n) is 4.69. The summed E-state index contributed by atoms with van der Waals surface area (Å²) in [5.41, 5.74) is 8.13. The van der Waals surface area contributed by atoms with E-state index in [4.69, 9.17) is 5.73 Å². The van der Waals surface area contributed by atoms with E-state index in [-0.39, 0.29) is 0 Å². The Morgan fingerprint density at radius 2 is 1.80 bits per heavy atom. The van der Waals surface area contributed by atoms with E-state index in [1.54, 1.807) is 11.3 Å². The highest BCUT2D eigenvalue weighted by Crippen LogP contribution is 2.24. The number of hydrogen-bond donors (Lipinski definition) is 2. The molecule has 0 aliphatic carbocycles. The van der Waals surface area contributed by atoms with Crippen molar-refractivity contribution >= 4 is 43.7 Å². The lowest BCUT2D eigenvalue weighted by Crippen LogP contribution is -2.13. The largest absolute Gasteiger partial charge is 0.398 e. The normalized spacial score (nSPS) is 11.1. The van der Waals surface area contributed by atoms with Crippen molar-refractivity contribution in [1.29, 1.82) is 0 Å². The molecule has 0 saturated carbocycles. The quantitative estimate of drug-likeness (QED) is 0.680. The number of rotatable bonds is 4. The van der Waals surface area contributed by atoms with E-state index in [1.807, 2.05) is 12.1 Å². The molecule has 0 fully saturated rings. The molecule has 1 heterocycles. The van der Waals surface area contributed by atoms with E-state index in [1.165, 1.54) is 20.1 Å². The molecule has 0 unspecified atom stereocenters. The molecule has 2 nitrogen and oxygen atoms in total. The zero-order valence-corrected chi connectivity index (χ0v) is 13.3. The lowest BCUT2D eigenvalue weighted by molar-refractivity contribution is 0.701. The maximum atomic E-state index is 6.13. The molecule has 0 atom stereocenters. The van der Waals surface area contributed by atoms with Crippen LogP contribution in [0.5, 0.6) is 0 Å². The van der Waals surface area contributed by atoms with Gasteiger partial charge in [0.05, 0.1) is 0 Å². The molecule has 2 aromatic carbocycles. The highest BCUT2D eigenvalue weighted by molar-refractivity contribution is 9.10. The Hall–Kier alpha value is -1.36. The van der Waals surface area contributed by atoms with Crippen molar-refractivity contribution in [3.05, 3.63) is 62.8 Å². The van der Waals surface area contributed by atoms with Crippen LogP contribution in [0.25, 0.3) is 10.8 Å². The molecule has 0 saturated heterocycles. The lowest BCUT2D eigenvalue weighted by Gasteiger charge is -2.09. The monoisotopic (exact) mass is 346 g/mol. The van der Waals surface area contributed by atoms with Gasteiger partial charge in [-0.1, -0.05) is 24.3 Å². The van der Waals surface area contributed by atoms with Crippen molar-refractivity contribution in [2.75, 3.05) is 5.73 Å². The van der Waals surface area contributed by atoms with Crippen LogP contribution in [-0.2, 0) is 13.1 Å². The molecule has 0 aliphatic rings. The predicted molar refractivity (Wildman–Crippen MR) is 90.9 cm³/mol. The topological polar surface area (TPSA) is 38.0 Å². The highest BCUT2D eigenvalue weighted by Gasteiger charge is 2.04. The molecule has 20 heavy (non-hydrogen) atoms. The first-order valence-corrected chi connectivity index (χ1v) is 8.11. The molecule has 3 rings (SSSR count). The summed E-state index contributed by atoms with van der Waals surface area (Å²) in [5.74, 6) is 0. The van der Waals surface area contributed by atoms with Crippen LogP contribution in [0.3, 0.4) is 0 Å². The summed E-state index contributed by atoms with van der Waals surface area (Å²) in [6, 6.07) is 14.6. The molecular formula is C16H15BrN2S. The van der Waals surface area contributed by atoms with E-state index >= 15 is 0 Å². The average Bonchev–Trinajstić information content (AvgIpc) is 2.85. The van der Waals surface area contributed by atoms with Gasteiger partial charge < -0.3 is 11.1 Å². The minimum Gasteiger partial charge on any atom is -0.398 e. The maximum absolute atomic E-state index is 6.13. The van der Waals surface area contributed by atoms with Crippen molar-refractivity contribution in [1.82, 2.24) is 5.32 Å². The molecule has 3 aromatic rings. The first-order chi connectivity index (χ1) is 9.74. The minimum absolute atomic E-state index is 0.779. The second-order valence-corrected chi connectivity index (χ2v) is 6.55. The maximum Gasteiger partial charge on any atom is 0.0366 e. The summed E-state index contributed by atoms with van der Waals surface area (Å²) in [7, 11) is 0. The molecule has 0 bridgehead atoms. The van der Waals surface area contributed by atoms with Crippen LogP contribution in [0.2, 0.25) is 0 Å². The van der Waals surface area contributed by atoms with Gasteiger partial charge in [-0.3, -0.25) is 0 Å². The van der Waals surface area contributed by atoms with Crippen LogP contribution in [0.1, 0.15) is 10.4 Å². The average molecular weight is 347 g/mol. The SMILES string of the molecule is Nc1cc2ccccc2cc1CNCc1sccc1Br. The van der Waals surface area contributed by atoms with Gasteiger partial charge in [-0.2, -0.15) is 0 Å². The fourth-order valence-corrected chi connectivity index (χ4v) is 3.68.